The van der Waals surface area contributed by atoms with Crippen molar-refractivity contribution in [1.29, 1.82) is 0 Å². The minimum Gasteiger partial charge on any atom is -0.244 e. The van der Waals surface area contributed by atoms with E-state index < -0.39 is 29.7 Å². The molecular formula is C5H3F9S. The van der Waals surface area contributed by atoms with Gasteiger partial charge in [-0.2, -0.15) is 35.1 Å². The highest BCUT2D eigenvalue weighted by molar-refractivity contribution is 7.81. The van der Waals surface area contributed by atoms with Gasteiger partial charge in [0.05, 0.1) is 0 Å². The lowest BCUT2D eigenvalue weighted by Gasteiger charge is -2.33. The Morgan fingerprint density at radius 2 is 1.07 bits per heavy atom. The van der Waals surface area contributed by atoms with Gasteiger partial charge in [0.15, 0.2) is 6.67 Å². The first kappa shape index (κ1) is 14.7. The normalized spacial score (nSPS) is 15.6. The Morgan fingerprint density at radius 3 is 1.27 bits per heavy atom. The van der Waals surface area contributed by atoms with E-state index in [4.69, 9.17) is 0 Å². The van der Waals surface area contributed by atoms with Crippen LogP contribution in [0, 0.1) is 0 Å². The highest BCUT2D eigenvalue weighted by atomic mass is 32.1. The zero-order chi connectivity index (χ0) is 12.7. The van der Waals surface area contributed by atoms with Gasteiger partial charge in [0.1, 0.15) is 0 Å². The molecule has 15 heavy (non-hydrogen) atoms. The Hall–Kier alpha value is -0.280. The smallest absolute Gasteiger partial charge is 0.244 e. The molecule has 0 aromatic heterocycles. The first-order valence-corrected chi connectivity index (χ1v) is 3.55. The number of hydrogen-bond acceptors (Lipinski definition) is 1. The van der Waals surface area contributed by atoms with E-state index in [0.717, 1.165) is 0 Å². The zero-order valence-corrected chi connectivity index (χ0v) is 7.45. The van der Waals surface area contributed by atoms with Gasteiger partial charge in [-0.3, -0.25) is 0 Å². The van der Waals surface area contributed by atoms with Gasteiger partial charge >= 0.3 is 23.0 Å². The molecule has 0 bridgehead atoms. The van der Waals surface area contributed by atoms with Gasteiger partial charge in [0.25, 0.3) is 0 Å². The summed E-state index contributed by atoms with van der Waals surface area (Å²) < 4.78 is 108. The highest BCUT2D eigenvalue weighted by Gasteiger charge is 2.79. The lowest BCUT2D eigenvalue weighted by Crippen LogP contribution is -2.61. The van der Waals surface area contributed by atoms with Crippen LogP contribution in [-0.2, 0) is 0 Å². The topological polar surface area (TPSA) is 0 Å². The first-order chi connectivity index (χ1) is 6.31. The molecule has 0 aliphatic rings. The van der Waals surface area contributed by atoms with Crippen molar-refractivity contribution < 1.29 is 39.5 Å². The van der Waals surface area contributed by atoms with E-state index in [1.54, 1.807) is 12.6 Å². The Morgan fingerprint density at radius 1 is 0.733 bits per heavy atom. The van der Waals surface area contributed by atoms with E-state index in [1.807, 2.05) is 0 Å². The predicted molar refractivity (Wildman–Crippen MR) is 34.7 cm³/mol. The second kappa shape index (κ2) is 3.63. The molecule has 0 saturated carbocycles. The summed E-state index contributed by atoms with van der Waals surface area (Å²) in [5.41, 5.74) is 0. The Labute approximate surface area is 82.8 Å². The van der Waals surface area contributed by atoms with E-state index in [2.05, 4.69) is 0 Å². The summed E-state index contributed by atoms with van der Waals surface area (Å²) in [5.74, 6) is -18.9. The van der Waals surface area contributed by atoms with Crippen molar-refractivity contribution >= 4 is 12.6 Å². The van der Waals surface area contributed by atoms with E-state index in [1.165, 1.54) is 0 Å². The summed E-state index contributed by atoms with van der Waals surface area (Å²) in [4.78, 5) is 0. The molecule has 0 spiro atoms. The fraction of sp³-hybridized carbons (Fsp3) is 1.00. The lowest BCUT2D eigenvalue weighted by molar-refractivity contribution is -0.347. The van der Waals surface area contributed by atoms with Crippen LogP contribution in [0.4, 0.5) is 39.5 Å². The van der Waals surface area contributed by atoms with Gasteiger partial charge in [-0.15, -0.1) is 0 Å². The monoisotopic (exact) mass is 266 g/mol. The lowest BCUT2D eigenvalue weighted by atomic mass is 10.1. The second-order valence-electron chi connectivity index (χ2n) is 2.53. The Kier molecular flexibility index (Phi) is 3.56. The van der Waals surface area contributed by atoms with Gasteiger partial charge in [-0.05, 0) is 0 Å². The van der Waals surface area contributed by atoms with E-state index in [0.29, 0.717) is 0 Å². The van der Waals surface area contributed by atoms with Crippen LogP contribution in [0.25, 0.3) is 0 Å². The van der Waals surface area contributed by atoms with Crippen molar-refractivity contribution in [2.75, 3.05) is 6.67 Å². The second-order valence-corrected chi connectivity index (χ2v) is 3.09. The number of rotatable bonds is 4. The molecule has 0 unspecified atom stereocenters. The van der Waals surface area contributed by atoms with Crippen molar-refractivity contribution in [3.63, 3.8) is 0 Å². The van der Waals surface area contributed by atoms with Crippen molar-refractivity contribution in [2.45, 2.75) is 23.0 Å². The SMILES string of the molecule is FCC(F)(F)C(F)(F)C(F)(F)C(F)(F)S. The van der Waals surface area contributed by atoms with Crippen LogP contribution in [0.5, 0.6) is 0 Å². The fourth-order valence-corrected chi connectivity index (χ4v) is 0.643. The van der Waals surface area contributed by atoms with Gasteiger partial charge < -0.3 is 0 Å². The molecule has 10 heteroatoms. The summed E-state index contributed by atoms with van der Waals surface area (Å²) >= 11 is 1.78. The summed E-state index contributed by atoms with van der Waals surface area (Å²) in [6.45, 7) is -3.19. The van der Waals surface area contributed by atoms with Gasteiger partial charge in [0.2, 0.25) is 0 Å². The summed E-state index contributed by atoms with van der Waals surface area (Å²) in [7, 11) is 0. The molecule has 0 heterocycles. The maximum atomic E-state index is 12.2. The summed E-state index contributed by atoms with van der Waals surface area (Å²) in [5, 5.41) is -5.70. The van der Waals surface area contributed by atoms with E-state index >= 15 is 0 Å². The van der Waals surface area contributed by atoms with Crippen molar-refractivity contribution in [3.8, 4) is 0 Å². The Bertz CT molecular complexity index is 229. The molecule has 0 aliphatic carbocycles. The predicted octanol–water partition coefficient (Wildman–Crippen LogP) is 3.38. The maximum absolute atomic E-state index is 12.2. The zero-order valence-electron chi connectivity index (χ0n) is 6.56. The maximum Gasteiger partial charge on any atom is 0.387 e. The van der Waals surface area contributed by atoms with Crippen molar-refractivity contribution in [3.05, 3.63) is 0 Å². The number of alkyl halides is 9. The molecule has 0 aromatic rings. The molecule has 92 valence electrons. The van der Waals surface area contributed by atoms with Crippen LogP contribution in [0.3, 0.4) is 0 Å². The minimum absolute atomic E-state index is 1.78. The van der Waals surface area contributed by atoms with Crippen LogP contribution >= 0.6 is 12.6 Å². The fourth-order valence-electron chi connectivity index (χ4n) is 0.502. The highest BCUT2D eigenvalue weighted by Crippen LogP contribution is 2.53. The van der Waals surface area contributed by atoms with Gasteiger partial charge in [-0.1, -0.05) is 12.6 Å². The number of hydrogen-bond donors (Lipinski definition) is 1. The standard InChI is InChI=1S/C5H3F9S/c6-1-2(7,8)3(9,10)4(11,12)5(13,14)15/h15H,1H2. The van der Waals surface area contributed by atoms with Gasteiger partial charge in [-0.25, -0.2) is 4.39 Å². The molecule has 0 nitrogen and oxygen atoms in total. The van der Waals surface area contributed by atoms with Crippen LogP contribution in [0.1, 0.15) is 0 Å². The molecule has 0 atom stereocenters. The van der Waals surface area contributed by atoms with Crippen molar-refractivity contribution in [2.24, 2.45) is 0 Å². The number of thiol groups is 1. The molecule has 0 N–H and O–H groups in total. The molecule has 0 aromatic carbocycles. The third kappa shape index (κ3) is 2.13. The average molecular weight is 266 g/mol. The average Bonchev–Trinajstić information content (AvgIpc) is 2.01. The molecule has 0 amide bonds. The van der Waals surface area contributed by atoms with Crippen LogP contribution in [0.2, 0.25) is 0 Å². The molecule has 0 aliphatic heterocycles. The third-order valence-corrected chi connectivity index (χ3v) is 1.68. The quantitative estimate of drug-likeness (QED) is 0.585. The summed E-state index contributed by atoms with van der Waals surface area (Å²) in [6, 6.07) is 0. The van der Waals surface area contributed by atoms with Crippen LogP contribution < -0.4 is 0 Å². The first-order valence-electron chi connectivity index (χ1n) is 3.11. The molecule has 0 saturated heterocycles. The molecule has 0 rings (SSSR count). The van der Waals surface area contributed by atoms with Crippen molar-refractivity contribution in [1.82, 2.24) is 0 Å². The third-order valence-electron chi connectivity index (χ3n) is 1.40. The Balaban J connectivity index is 5.38. The van der Waals surface area contributed by atoms with E-state index in [9.17, 15) is 39.5 Å². The van der Waals surface area contributed by atoms with Crippen LogP contribution in [0.15, 0.2) is 0 Å². The van der Waals surface area contributed by atoms with Gasteiger partial charge in [0, 0.05) is 0 Å². The van der Waals surface area contributed by atoms with E-state index in [-0.39, 0.29) is 0 Å². The molecule has 0 radical (unpaired) electrons. The number of halogens is 9. The minimum atomic E-state index is -6.54. The molecular weight excluding hydrogens is 263 g/mol. The largest absolute Gasteiger partial charge is 0.387 e. The summed E-state index contributed by atoms with van der Waals surface area (Å²) in [6.07, 6.45) is 0. The van der Waals surface area contributed by atoms with Crippen LogP contribution in [-0.4, -0.2) is 29.7 Å². The molecule has 0 fully saturated rings.